The van der Waals surface area contributed by atoms with Crippen LogP contribution in [0.25, 0.3) is 0 Å². The van der Waals surface area contributed by atoms with E-state index in [9.17, 15) is 4.79 Å². The molecule has 0 aliphatic carbocycles. The van der Waals surface area contributed by atoms with Gasteiger partial charge in [0.25, 0.3) is 0 Å². The number of aromatic nitrogens is 2. The Morgan fingerprint density at radius 3 is 2.47 bits per heavy atom. The van der Waals surface area contributed by atoms with E-state index in [0.717, 1.165) is 32.0 Å². The molecule has 0 bridgehead atoms. The number of aryl methyl sites for hydroxylation is 1. The zero-order valence-electron chi connectivity index (χ0n) is 10.2. The van der Waals surface area contributed by atoms with Crippen LogP contribution in [0, 0.1) is 6.92 Å². The molecule has 6 nitrogen and oxygen atoms in total. The third-order valence-corrected chi connectivity index (χ3v) is 2.89. The quantitative estimate of drug-likeness (QED) is 0.743. The van der Waals surface area contributed by atoms with Gasteiger partial charge in [-0.2, -0.15) is 0 Å². The Balaban J connectivity index is 2.07. The van der Waals surface area contributed by atoms with E-state index in [1.165, 1.54) is 0 Å². The van der Waals surface area contributed by atoms with E-state index in [-0.39, 0.29) is 5.91 Å². The maximum absolute atomic E-state index is 11.2. The van der Waals surface area contributed by atoms with E-state index in [1.54, 1.807) is 13.0 Å². The van der Waals surface area contributed by atoms with Crippen LogP contribution in [-0.2, 0) is 4.79 Å². The van der Waals surface area contributed by atoms with Gasteiger partial charge in [0, 0.05) is 39.2 Å². The van der Waals surface area contributed by atoms with Gasteiger partial charge in [0.15, 0.2) is 0 Å². The van der Waals surface area contributed by atoms with Gasteiger partial charge >= 0.3 is 0 Å². The summed E-state index contributed by atoms with van der Waals surface area (Å²) in [5, 5.41) is 0. The summed E-state index contributed by atoms with van der Waals surface area (Å²) in [4.78, 5) is 23.6. The number of nitrogen functional groups attached to an aromatic ring is 1. The van der Waals surface area contributed by atoms with Crippen LogP contribution in [0.3, 0.4) is 0 Å². The molecule has 1 aliphatic heterocycles. The Morgan fingerprint density at radius 2 is 1.94 bits per heavy atom. The smallest absolute Gasteiger partial charge is 0.219 e. The SMILES string of the molecule is CC(=O)N1CCN(c2cc(N)nc(C)n2)CC1. The molecule has 92 valence electrons. The maximum atomic E-state index is 11.2. The summed E-state index contributed by atoms with van der Waals surface area (Å²) in [7, 11) is 0. The number of anilines is 2. The average Bonchev–Trinajstić information content (AvgIpc) is 2.28. The molecule has 17 heavy (non-hydrogen) atoms. The standard InChI is InChI=1S/C11H17N5O/c1-8-13-10(12)7-11(14-8)16-5-3-15(4-6-16)9(2)17/h7H,3-6H2,1-2H3,(H2,12,13,14). The summed E-state index contributed by atoms with van der Waals surface area (Å²) in [5.41, 5.74) is 5.70. The highest BCUT2D eigenvalue weighted by molar-refractivity contribution is 5.73. The van der Waals surface area contributed by atoms with Crippen LogP contribution in [0.5, 0.6) is 0 Å². The first-order valence-electron chi connectivity index (χ1n) is 5.68. The fraction of sp³-hybridized carbons (Fsp3) is 0.545. The molecular weight excluding hydrogens is 218 g/mol. The molecule has 2 N–H and O–H groups in total. The Kier molecular flexibility index (Phi) is 3.12. The Bertz CT molecular complexity index is 406. The van der Waals surface area contributed by atoms with E-state index < -0.39 is 0 Å². The molecule has 0 unspecified atom stereocenters. The first kappa shape index (κ1) is 11.6. The molecule has 1 aromatic heterocycles. The molecule has 0 atom stereocenters. The lowest BCUT2D eigenvalue weighted by atomic mass is 10.3. The van der Waals surface area contributed by atoms with Crippen LogP contribution in [0.15, 0.2) is 6.07 Å². The van der Waals surface area contributed by atoms with E-state index in [1.807, 2.05) is 11.8 Å². The number of piperazine rings is 1. The molecule has 0 saturated carbocycles. The molecule has 1 aliphatic rings. The van der Waals surface area contributed by atoms with Crippen molar-refractivity contribution in [2.24, 2.45) is 0 Å². The first-order valence-corrected chi connectivity index (χ1v) is 5.68. The number of amides is 1. The topological polar surface area (TPSA) is 75.4 Å². The van der Waals surface area contributed by atoms with E-state index in [0.29, 0.717) is 11.6 Å². The number of nitrogens with two attached hydrogens (primary N) is 1. The van der Waals surface area contributed by atoms with E-state index in [2.05, 4.69) is 14.9 Å². The number of nitrogens with zero attached hydrogens (tertiary/aromatic N) is 4. The lowest BCUT2D eigenvalue weighted by Gasteiger charge is -2.34. The van der Waals surface area contributed by atoms with E-state index >= 15 is 0 Å². The van der Waals surface area contributed by atoms with Gasteiger partial charge in [-0.15, -0.1) is 0 Å². The molecule has 0 aromatic carbocycles. The summed E-state index contributed by atoms with van der Waals surface area (Å²) in [6, 6.07) is 1.77. The van der Waals surface area contributed by atoms with Gasteiger partial charge in [0.05, 0.1) is 0 Å². The van der Waals surface area contributed by atoms with Crippen molar-refractivity contribution in [1.82, 2.24) is 14.9 Å². The second-order valence-electron chi connectivity index (χ2n) is 4.19. The predicted octanol–water partition coefficient (Wildman–Crippen LogP) is 0.0357. The summed E-state index contributed by atoms with van der Waals surface area (Å²) < 4.78 is 0. The van der Waals surface area contributed by atoms with Gasteiger partial charge < -0.3 is 15.5 Å². The summed E-state index contributed by atoms with van der Waals surface area (Å²) >= 11 is 0. The van der Waals surface area contributed by atoms with Crippen molar-refractivity contribution >= 4 is 17.5 Å². The zero-order valence-corrected chi connectivity index (χ0v) is 10.2. The minimum Gasteiger partial charge on any atom is -0.384 e. The number of carbonyl (C=O) groups excluding carboxylic acids is 1. The monoisotopic (exact) mass is 235 g/mol. The minimum absolute atomic E-state index is 0.128. The number of carbonyl (C=O) groups is 1. The molecule has 0 spiro atoms. The fourth-order valence-corrected chi connectivity index (χ4v) is 1.99. The number of hydrogen-bond donors (Lipinski definition) is 1. The molecular formula is C11H17N5O. The second kappa shape index (κ2) is 4.57. The Labute approximate surface area is 100 Å². The molecule has 6 heteroatoms. The second-order valence-corrected chi connectivity index (χ2v) is 4.19. The van der Waals surface area contributed by atoms with Crippen molar-refractivity contribution in [2.45, 2.75) is 13.8 Å². The van der Waals surface area contributed by atoms with Gasteiger partial charge in [-0.25, -0.2) is 9.97 Å². The van der Waals surface area contributed by atoms with Crippen LogP contribution in [0.1, 0.15) is 12.7 Å². The van der Waals surface area contributed by atoms with Crippen LogP contribution in [-0.4, -0.2) is 47.0 Å². The maximum Gasteiger partial charge on any atom is 0.219 e. The van der Waals surface area contributed by atoms with Crippen LogP contribution < -0.4 is 10.6 Å². The molecule has 1 amide bonds. The largest absolute Gasteiger partial charge is 0.384 e. The number of rotatable bonds is 1. The Hall–Kier alpha value is -1.85. The minimum atomic E-state index is 0.128. The highest BCUT2D eigenvalue weighted by Crippen LogP contribution is 2.15. The van der Waals surface area contributed by atoms with Crippen LogP contribution in [0.2, 0.25) is 0 Å². The lowest BCUT2D eigenvalue weighted by molar-refractivity contribution is -0.129. The zero-order chi connectivity index (χ0) is 12.4. The molecule has 0 radical (unpaired) electrons. The van der Waals surface area contributed by atoms with Crippen molar-refractivity contribution in [3.63, 3.8) is 0 Å². The van der Waals surface area contributed by atoms with E-state index in [4.69, 9.17) is 5.73 Å². The third-order valence-electron chi connectivity index (χ3n) is 2.89. The number of hydrogen-bond acceptors (Lipinski definition) is 5. The predicted molar refractivity (Wildman–Crippen MR) is 65.6 cm³/mol. The highest BCUT2D eigenvalue weighted by atomic mass is 16.2. The van der Waals surface area contributed by atoms with Gasteiger partial charge in [-0.1, -0.05) is 0 Å². The molecule has 1 fully saturated rings. The van der Waals surface area contributed by atoms with Crippen LogP contribution >= 0.6 is 0 Å². The summed E-state index contributed by atoms with van der Waals surface area (Å²) in [5.74, 6) is 2.14. The van der Waals surface area contributed by atoms with Crippen LogP contribution in [0.4, 0.5) is 11.6 Å². The summed E-state index contributed by atoms with van der Waals surface area (Å²) in [6.07, 6.45) is 0. The first-order chi connectivity index (χ1) is 8.06. The molecule has 2 heterocycles. The highest BCUT2D eigenvalue weighted by Gasteiger charge is 2.19. The summed E-state index contributed by atoms with van der Waals surface area (Å²) in [6.45, 7) is 6.47. The molecule has 1 aromatic rings. The Morgan fingerprint density at radius 1 is 1.29 bits per heavy atom. The molecule has 2 rings (SSSR count). The van der Waals surface area contributed by atoms with Crippen molar-refractivity contribution in [1.29, 1.82) is 0 Å². The average molecular weight is 235 g/mol. The van der Waals surface area contributed by atoms with Crippen molar-refractivity contribution in [3.8, 4) is 0 Å². The third kappa shape index (κ3) is 2.64. The lowest BCUT2D eigenvalue weighted by Crippen LogP contribution is -2.48. The van der Waals surface area contributed by atoms with Gasteiger partial charge in [0.1, 0.15) is 17.5 Å². The van der Waals surface area contributed by atoms with Gasteiger partial charge in [-0.3, -0.25) is 4.79 Å². The van der Waals surface area contributed by atoms with Crippen molar-refractivity contribution < 1.29 is 4.79 Å². The van der Waals surface area contributed by atoms with Gasteiger partial charge in [-0.05, 0) is 6.92 Å². The fourth-order valence-electron chi connectivity index (χ4n) is 1.99. The van der Waals surface area contributed by atoms with Gasteiger partial charge in [0.2, 0.25) is 5.91 Å². The van der Waals surface area contributed by atoms with Crippen molar-refractivity contribution in [2.75, 3.05) is 36.8 Å². The normalized spacial score (nSPS) is 16.1. The molecule has 1 saturated heterocycles. The van der Waals surface area contributed by atoms with Crippen molar-refractivity contribution in [3.05, 3.63) is 11.9 Å².